The maximum Gasteiger partial charge on any atom is 0.0346 e. The first-order valence-electron chi connectivity index (χ1n) is 7.00. The molecule has 0 saturated heterocycles. The maximum atomic E-state index is 4.31. The van der Waals surface area contributed by atoms with Crippen LogP contribution in [0.5, 0.6) is 0 Å². The first kappa shape index (κ1) is 12.8. The van der Waals surface area contributed by atoms with Crippen molar-refractivity contribution < 1.29 is 0 Å². The van der Waals surface area contributed by atoms with E-state index in [-0.39, 0.29) is 0 Å². The minimum absolute atomic E-state index is 0.862. The molecule has 100 valence electrons. The van der Waals surface area contributed by atoms with E-state index in [2.05, 4.69) is 64.9 Å². The number of nitrogens with one attached hydrogen (secondary N) is 1. The van der Waals surface area contributed by atoms with Gasteiger partial charge in [0.2, 0.25) is 0 Å². The van der Waals surface area contributed by atoms with Crippen molar-refractivity contribution in [1.29, 1.82) is 0 Å². The molecule has 0 saturated carbocycles. The molecule has 0 radical (unpaired) electrons. The lowest BCUT2D eigenvalue weighted by atomic mass is 10.1. The normalized spacial score (nSPS) is 10.8. The fourth-order valence-electron chi connectivity index (χ4n) is 2.42. The van der Waals surface area contributed by atoms with E-state index < -0.39 is 0 Å². The van der Waals surface area contributed by atoms with Gasteiger partial charge in [0.25, 0.3) is 0 Å². The van der Waals surface area contributed by atoms with Crippen LogP contribution in [-0.2, 0) is 13.0 Å². The molecule has 3 rings (SSSR count). The summed E-state index contributed by atoms with van der Waals surface area (Å²) in [6, 6.07) is 19.0. The Labute approximate surface area is 119 Å². The highest BCUT2D eigenvalue weighted by Gasteiger charge is 2.00. The largest absolute Gasteiger partial charge is 0.312 e. The zero-order valence-corrected chi connectivity index (χ0v) is 11.4. The van der Waals surface area contributed by atoms with Crippen molar-refractivity contribution in [3.05, 3.63) is 78.1 Å². The van der Waals surface area contributed by atoms with Gasteiger partial charge in [-0.05, 0) is 29.5 Å². The molecule has 0 bridgehead atoms. The summed E-state index contributed by atoms with van der Waals surface area (Å²) in [6.07, 6.45) is 4.93. The summed E-state index contributed by atoms with van der Waals surface area (Å²) >= 11 is 0. The number of nitrogens with zero attached hydrogens (tertiary/aromatic N) is 1. The molecule has 20 heavy (non-hydrogen) atoms. The van der Waals surface area contributed by atoms with Crippen LogP contribution in [-0.4, -0.2) is 11.5 Å². The van der Waals surface area contributed by atoms with E-state index in [9.17, 15) is 0 Å². The summed E-state index contributed by atoms with van der Waals surface area (Å²) in [4.78, 5) is 4.31. The van der Waals surface area contributed by atoms with E-state index in [4.69, 9.17) is 0 Å². The van der Waals surface area contributed by atoms with Gasteiger partial charge in [-0.25, -0.2) is 0 Å². The van der Waals surface area contributed by atoms with Gasteiger partial charge in [0.15, 0.2) is 0 Å². The number of fused-ring (bicyclic) bond motifs is 1. The Hall–Kier alpha value is -2.19. The lowest BCUT2D eigenvalue weighted by Crippen LogP contribution is -2.17. The third kappa shape index (κ3) is 3.03. The van der Waals surface area contributed by atoms with Crippen LogP contribution < -0.4 is 5.32 Å². The number of rotatable bonds is 5. The van der Waals surface area contributed by atoms with E-state index in [1.165, 1.54) is 21.9 Å². The van der Waals surface area contributed by atoms with Gasteiger partial charge in [-0.1, -0.05) is 54.6 Å². The van der Waals surface area contributed by atoms with Crippen molar-refractivity contribution in [3.8, 4) is 0 Å². The molecule has 2 nitrogen and oxygen atoms in total. The van der Waals surface area contributed by atoms with Crippen LogP contribution >= 0.6 is 0 Å². The van der Waals surface area contributed by atoms with Crippen LogP contribution in [0.4, 0.5) is 0 Å². The van der Waals surface area contributed by atoms with E-state index >= 15 is 0 Å². The van der Waals surface area contributed by atoms with Crippen molar-refractivity contribution in [2.75, 3.05) is 6.54 Å². The molecule has 0 atom stereocenters. The molecule has 0 spiro atoms. The molecule has 2 heteroatoms. The molecular weight excluding hydrogens is 244 g/mol. The quantitative estimate of drug-likeness (QED) is 0.711. The molecule has 0 unspecified atom stereocenters. The average Bonchev–Trinajstić information content (AvgIpc) is 2.53. The summed E-state index contributed by atoms with van der Waals surface area (Å²) in [7, 11) is 0. The van der Waals surface area contributed by atoms with Crippen LogP contribution in [0.1, 0.15) is 11.1 Å². The average molecular weight is 262 g/mol. The predicted molar refractivity (Wildman–Crippen MR) is 83.6 cm³/mol. The Balaban J connectivity index is 1.60. The van der Waals surface area contributed by atoms with Crippen LogP contribution in [0.25, 0.3) is 10.8 Å². The van der Waals surface area contributed by atoms with E-state index in [0.717, 1.165) is 19.5 Å². The summed E-state index contributed by atoms with van der Waals surface area (Å²) in [5.41, 5.74) is 2.63. The SMILES string of the molecule is c1ccc(CCNCc2cncc3ccccc23)cc1. The summed E-state index contributed by atoms with van der Waals surface area (Å²) in [6.45, 7) is 1.84. The van der Waals surface area contributed by atoms with E-state index in [1.807, 2.05) is 12.4 Å². The molecule has 3 aromatic rings. The second-order valence-corrected chi connectivity index (χ2v) is 4.93. The molecule has 2 aromatic carbocycles. The van der Waals surface area contributed by atoms with Crippen molar-refractivity contribution in [3.63, 3.8) is 0 Å². The fourth-order valence-corrected chi connectivity index (χ4v) is 2.42. The minimum atomic E-state index is 0.862. The Bertz CT molecular complexity index is 672. The van der Waals surface area contributed by atoms with Crippen molar-refractivity contribution >= 4 is 10.8 Å². The van der Waals surface area contributed by atoms with Gasteiger partial charge in [0.05, 0.1) is 0 Å². The third-order valence-corrected chi connectivity index (χ3v) is 3.50. The Morgan fingerprint density at radius 3 is 2.55 bits per heavy atom. The van der Waals surface area contributed by atoms with Gasteiger partial charge in [-0.2, -0.15) is 0 Å². The van der Waals surface area contributed by atoms with Crippen LogP contribution in [0.3, 0.4) is 0 Å². The second kappa shape index (κ2) is 6.31. The molecule has 0 fully saturated rings. The first-order valence-corrected chi connectivity index (χ1v) is 7.00. The number of hydrogen-bond donors (Lipinski definition) is 1. The fraction of sp³-hybridized carbons (Fsp3) is 0.167. The van der Waals surface area contributed by atoms with Gasteiger partial charge >= 0.3 is 0 Å². The lowest BCUT2D eigenvalue weighted by Gasteiger charge is -2.08. The molecule has 0 aliphatic heterocycles. The highest BCUT2D eigenvalue weighted by atomic mass is 14.8. The highest BCUT2D eigenvalue weighted by molar-refractivity contribution is 5.84. The minimum Gasteiger partial charge on any atom is -0.312 e. The van der Waals surface area contributed by atoms with Crippen LogP contribution in [0.2, 0.25) is 0 Å². The Morgan fingerprint density at radius 1 is 0.850 bits per heavy atom. The first-order chi connectivity index (χ1) is 9.93. The Kier molecular flexibility index (Phi) is 4.04. The van der Waals surface area contributed by atoms with Gasteiger partial charge in [-0.15, -0.1) is 0 Å². The number of benzene rings is 2. The molecule has 1 heterocycles. The standard InChI is InChI=1S/C18H18N2/c1-2-6-15(7-3-1)10-11-19-13-17-14-20-12-16-8-4-5-9-18(16)17/h1-9,12,14,19H,10-11,13H2. The molecule has 1 N–H and O–H groups in total. The summed E-state index contributed by atoms with van der Waals surface area (Å²) < 4.78 is 0. The van der Waals surface area contributed by atoms with Crippen LogP contribution in [0.15, 0.2) is 67.0 Å². The Morgan fingerprint density at radius 2 is 1.65 bits per heavy atom. The summed E-state index contributed by atoms with van der Waals surface area (Å²) in [5.74, 6) is 0. The van der Waals surface area contributed by atoms with Crippen molar-refractivity contribution in [2.45, 2.75) is 13.0 Å². The molecular formula is C18H18N2. The smallest absolute Gasteiger partial charge is 0.0346 e. The molecule has 0 aliphatic carbocycles. The monoisotopic (exact) mass is 262 g/mol. The number of pyridine rings is 1. The van der Waals surface area contributed by atoms with Gasteiger partial charge < -0.3 is 5.32 Å². The number of aromatic nitrogens is 1. The van der Waals surface area contributed by atoms with Crippen LogP contribution in [0, 0.1) is 0 Å². The number of hydrogen-bond acceptors (Lipinski definition) is 2. The molecule has 0 aliphatic rings. The second-order valence-electron chi connectivity index (χ2n) is 4.93. The lowest BCUT2D eigenvalue weighted by molar-refractivity contribution is 0.688. The van der Waals surface area contributed by atoms with Gasteiger partial charge in [0, 0.05) is 24.3 Å². The van der Waals surface area contributed by atoms with Gasteiger partial charge in [-0.3, -0.25) is 4.98 Å². The van der Waals surface area contributed by atoms with Crippen molar-refractivity contribution in [1.82, 2.24) is 10.3 Å². The zero-order valence-electron chi connectivity index (χ0n) is 11.4. The summed E-state index contributed by atoms with van der Waals surface area (Å²) in [5, 5.41) is 5.99. The van der Waals surface area contributed by atoms with Gasteiger partial charge in [0.1, 0.15) is 0 Å². The topological polar surface area (TPSA) is 24.9 Å². The molecule has 0 amide bonds. The maximum absolute atomic E-state index is 4.31. The van der Waals surface area contributed by atoms with E-state index in [0.29, 0.717) is 0 Å². The highest BCUT2D eigenvalue weighted by Crippen LogP contribution is 2.16. The third-order valence-electron chi connectivity index (χ3n) is 3.50. The van der Waals surface area contributed by atoms with Crippen molar-refractivity contribution in [2.24, 2.45) is 0 Å². The van der Waals surface area contributed by atoms with E-state index in [1.54, 1.807) is 0 Å². The predicted octanol–water partition coefficient (Wildman–Crippen LogP) is 3.57. The molecule has 1 aromatic heterocycles. The zero-order chi connectivity index (χ0) is 13.6.